The SMILES string of the molecule is CC(C)CNC(=O)C(C)NC1CCCSC1. The summed E-state index contributed by atoms with van der Waals surface area (Å²) in [5.74, 6) is 3.05. The van der Waals surface area contributed by atoms with Gasteiger partial charge in [-0.25, -0.2) is 0 Å². The van der Waals surface area contributed by atoms with E-state index in [-0.39, 0.29) is 11.9 Å². The predicted octanol–water partition coefficient (Wildman–Crippen LogP) is 1.63. The minimum Gasteiger partial charge on any atom is -0.354 e. The van der Waals surface area contributed by atoms with E-state index < -0.39 is 0 Å². The van der Waals surface area contributed by atoms with Gasteiger partial charge in [-0.15, -0.1) is 0 Å². The van der Waals surface area contributed by atoms with Crippen LogP contribution in [0.1, 0.15) is 33.6 Å². The normalized spacial score (nSPS) is 23.1. The Bertz CT molecular complexity index is 215. The zero-order valence-electron chi connectivity index (χ0n) is 10.6. The molecular formula is C12H24N2OS. The van der Waals surface area contributed by atoms with Crippen molar-refractivity contribution in [2.45, 2.75) is 45.7 Å². The predicted molar refractivity (Wildman–Crippen MR) is 70.8 cm³/mol. The first-order chi connectivity index (χ1) is 7.59. The molecule has 1 amide bonds. The summed E-state index contributed by atoms with van der Waals surface area (Å²) < 4.78 is 0. The molecule has 0 aromatic rings. The Morgan fingerprint density at radius 2 is 2.19 bits per heavy atom. The maximum absolute atomic E-state index is 11.7. The summed E-state index contributed by atoms with van der Waals surface area (Å²) in [6.07, 6.45) is 2.47. The molecule has 0 aromatic carbocycles. The molecule has 0 saturated carbocycles. The van der Waals surface area contributed by atoms with E-state index in [4.69, 9.17) is 0 Å². The van der Waals surface area contributed by atoms with Crippen molar-refractivity contribution in [2.75, 3.05) is 18.1 Å². The molecule has 1 rings (SSSR count). The molecule has 1 aliphatic heterocycles. The van der Waals surface area contributed by atoms with Gasteiger partial charge >= 0.3 is 0 Å². The summed E-state index contributed by atoms with van der Waals surface area (Å²) in [5.41, 5.74) is 0. The topological polar surface area (TPSA) is 41.1 Å². The average molecular weight is 244 g/mol. The second kappa shape index (κ2) is 7.17. The van der Waals surface area contributed by atoms with Crippen LogP contribution in [0.25, 0.3) is 0 Å². The van der Waals surface area contributed by atoms with Gasteiger partial charge in [0, 0.05) is 18.3 Å². The highest BCUT2D eigenvalue weighted by Crippen LogP contribution is 2.17. The fourth-order valence-corrected chi connectivity index (χ4v) is 2.84. The van der Waals surface area contributed by atoms with Gasteiger partial charge in [0.05, 0.1) is 6.04 Å². The van der Waals surface area contributed by atoms with Crippen LogP contribution in [0.3, 0.4) is 0 Å². The van der Waals surface area contributed by atoms with Crippen LogP contribution in [0.2, 0.25) is 0 Å². The van der Waals surface area contributed by atoms with Crippen molar-refractivity contribution in [1.29, 1.82) is 0 Å². The minimum atomic E-state index is -0.0672. The van der Waals surface area contributed by atoms with Gasteiger partial charge in [-0.1, -0.05) is 13.8 Å². The summed E-state index contributed by atoms with van der Waals surface area (Å²) in [5, 5.41) is 6.37. The summed E-state index contributed by atoms with van der Waals surface area (Å²) in [7, 11) is 0. The molecule has 0 radical (unpaired) electrons. The second-order valence-corrected chi connectivity index (χ2v) is 6.09. The van der Waals surface area contributed by atoms with Gasteiger partial charge in [-0.3, -0.25) is 4.79 Å². The van der Waals surface area contributed by atoms with E-state index in [0.29, 0.717) is 12.0 Å². The number of rotatable bonds is 5. The fourth-order valence-electron chi connectivity index (χ4n) is 1.76. The molecule has 1 aliphatic rings. The van der Waals surface area contributed by atoms with Crippen LogP contribution in [0.15, 0.2) is 0 Å². The average Bonchev–Trinajstić information content (AvgIpc) is 2.27. The van der Waals surface area contributed by atoms with E-state index in [1.807, 2.05) is 18.7 Å². The van der Waals surface area contributed by atoms with Crippen molar-refractivity contribution >= 4 is 17.7 Å². The molecule has 2 N–H and O–H groups in total. The van der Waals surface area contributed by atoms with E-state index in [1.165, 1.54) is 18.6 Å². The van der Waals surface area contributed by atoms with Crippen LogP contribution in [0.5, 0.6) is 0 Å². The lowest BCUT2D eigenvalue weighted by Crippen LogP contribution is -2.48. The van der Waals surface area contributed by atoms with E-state index in [1.54, 1.807) is 0 Å². The maximum Gasteiger partial charge on any atom is 0.236 e. The molecule has 0 spiro atoms. The standard InChI is InChI=1S/C12H24N2OS/c1-9(2)7-13-12(15)10(3)14-11-5-4-6-16-8-11/h9-11,14H,4-8H2,1-3H3,(H,13,15). The smallest absolute Gasteiger partial charge is 0.236 e. The summed E-state index contributed by atoms with van der Waals surface area (Å²) in [6, 6.07) is 0.445. The first kappa shape index (κ1) is 13.8. The van der Waals surface area contributed by atoms with Gasteiger partial charge < -0.3 is 10.6 Å². The quantitative estimate of drug-likeness (QED) is 0.772. The first-order valence-corrected chi connectivity index (χ1v) is 7.36. The first-order valence-electron chi connectivity index (χ1n) is 6.21. The number of nitrogens with one attached hydrogen (secondary N) is 2. The van der Waals surface area contributed by atoms with Crippen LogP contribution in [-0.2, 0) is 4.79 Å². The molecule has 3 nitrogen and oxygen atoms in total. The van der Waals surface area contributed by atoms with Crippen molar-refractivity contribution in [3.63, 3.8) is 0 Å². The third kappa shape index (κ3) is 5.21. The molecule has 0 bridgehead atoms. The highest BCUT2D eigenvalue weighted by molar-refractivity contribution is 7.99. The van der Waals surface area contributed by atoms with Crippen molar-refractivity contribution in [3.05, 3.63) is 0 Å². The molecule has 16 heavy (non-hydrogen) atoms. The Kier molecular flexibility index (Phi) is 6.21. The molecule has 1 fully saturated rings. The number of amides is 1. The lowest BCUT2D eigenvalue weighted by atomic mass is 10.1. The second-order valence-electron chi connectivity index (χ2n) is 4.94. The number of thioether (sulfide) groups is 1. The van der Waals surface area contributed by atoms with E-state index in [2.05, 4.69) is 24.5 Å². The van der Waals surface area contributed by atoms with Crippen LogP contribution < -0.4 is 10.6 Å². The van der Waals surface area contributed by atoms with Gasteiger partial charge in [0.25, 0.3) is 0 Å². The largest absolute Gasteiger partial charge is 0.354 e. The number of hydrogen-bond donors (Lipinski definition) is 2. The monoisotopic (exact) mass is 244 g/mol. The summed E-state index contributed by atoms with van der Waals surface area (Å²) >= 11 is 1.98. The number of carbonyl (C=O) groups is 1. The van der Waals surface area contributed by atoms with Crippen LogP contribution >= 0.6 is 11.8 Å². The molecule has 1 saturated heterocycles. The van der Waals surface area contributed by atoms with Crippen molar-refractivity contribution in [2.24, 2.45) is 5.92 Å². The Hall–Kier alpha value is -0.220. The van der Waals surface area contributed by atoms with Crippen LogP contribution in [0.4, 0.5) is 0 Å². The highest BCUT2D eigenvalue weighted by atomic mass is 32.2. The van der Waals surface area contributed by atoms with E-state index in [9.17, 15) is 4.79 Å². The third-order valence-electron chi connectivity index (χ3n) is 2.72. The lowest BCUT2D eigenvalue weighted by Gasteiger charge is -2.26. The molecule has 0 aliphatic carbocycles. The van der Waals surface area contributed by atoms with Crippen LogP contribution in [0, 0.1) is 5.92 Å². The summed E-state index contributed by atoms with van der Waals surface area (Å²) in [6.45, 7) is 6.94. The maximum atomic E-state index is 11.7. The fraction of sp³-hybridized carbons (Fsp3) is 0.917. The zero-order valence-corrected chi connectivity index (χ0v) is 11.4. The van der Waals surface area contributed by atoms with E-state index in [0.717, 1.165) is 12.3 Å². The van der Waals surface area contributed by atoms with Crippen molar-refractivity contribution in [1.82, 2.24) is 10.6 Å². The van der Waals surface area contributed by atoms with Crippen molar-refractivity contribution < 1.29 is 4.79 Å². The van der Waals surface area contributed by atoms with Crippen LogP contribution in [-0.4, -0.2) is 36.0 Å². The number of hydrogen-bond acceptors (Lipinski definition) is 3. The Labute approximate surface area is 103 Å². The lowest BCUT2D eigenvalue weighted by molar-refractivity contribution is -0.123. The van der Waals surface area contributed by atoms with Gasteiger partial charge in [-0.2, -0.15) is 11.8 Å². The molecular weight excluding hydrogens is 220 g/mol. The molecule has 1 heterocycles. The third-order valence-corrected chi connectivity index (χ3v) is 3.94. The van der Waals surface area contributed by atoms with Gasteiger partial charge in [0.2, 0.25) is 5.91 Å². The Balaban J connectivity index is 2.21. The number of carbonyl (C=O) groups excluding carboxylic acids is 1. The zero-order chi connectivity index (χ0) is 12.0. The van der Waals surface area contributed by atoms with Gasteiger partial charge in [0.1, 0.15) is 0 Å². The highest BCUT2D eigenvalue weighted by Gasteiger charge is 2.19. The Morgan fingerprint density at radius 3 is 2.75 bits per heavy atom. The Morgan fingerprint density at radius 1 is 1.44 bits per heavy atom. The molecule has 94 valence electrons. The summed E-state index contributed by atoms with van der Waals surface area (Å²) in [4.78, 5) is 11.7. The van der Waals surface area contributed by atoms with Crippen molar-refractivity contribution in [3.8, 4) is 0 Å². The molecule has 2 atom stereocenters. The van der Waals surface area contributed by atoms with E-state index >= 15 is 0 Å². The van der Waals surface area contributed by atoms with Gasteiger partial charge in [-0.05, 0) is 31.4 Å². The minimum absolute atomic E-state index is 0.0672. The molecule has 4 heteroatoms. The van der Waals surface area contributed by atoms with Gasteiger partial charge in [0.15, 0.2) is 0 Å². The molecule has 0 aromatic heterocycles. The molecule has 2 unspecified atom stereocenters.